The Hall–Kier alpha value is 0.634. The molecule has 2 aliphatic rings. The molecule has 116 valence electrons. The van der Waals surface area contributed by atoms with Crippen molar-refractivity contribution in [3.63, 3.8) is 0 Å². The normalized spacial score (nSPS) is 15.0. The van der Waals surface area contributed by atoms with Crippen LogP contribution in [-0.4, -0.2) is 0 Å². The Morgan fingerprint density at radius 1 is 0.810 bits per heavy atom. The SMILES string of the molecule is CCCC1=[C-]CC=C1C.CCCC1=[C-]CC=C1C.[Br-].[Br-].[Ti+4]. The Morgan fingerprint density at radius 2 is 1.14 bits per heavy atom. The molecule has 0 nitrogen and oxygen atoms in total. The first-order valence-corrected chi connectivity index (χ1v) is 7.22. The van der Waals surface area contributed by atoms with Crippen LogP contribution in [0.2, 0.25) is 0 Å². The van der Waals surface area contributed by atoms with E-state index in [1.165, 1.54) is 48.0 Å². The van der Waals surface area contributed by atoms with E-state index in [4.69, 9.17) is 0 Å². The molecular weight excluding hydrogens is 424 g/mol. The molecule has 0 aliphatic heterocycles. The van der Waals surface area contributed by atoms with Gasteiger partial charge in [0.1, 0.15) is 0 Å². The van der Waals surface area contributed by atoms with Crippen LogP contribution in [0.3, 0.4) is 0 Å². The zero-order valence-corrected chi connectivity index (χ0v) is 18.4. The van der Waals surface area contributed by atoms with E-state index >= 15 is 0 Å². The van der Waals surface area contributed by atoms with Gasteiger partial charge in [-0.15, -0.1) is 26.7 Å². The van der Waals surface area contributed by atoms with Crippen molar-refractivity contribution in [1.29, 1.82) is 0 Å². The van der Waals surface area contributed by atoms with Gasteiger partial charge in [-0.2, -0.15) is 12.2 Å². The number of hydrogen-bond acceptors (Lipinski definition) is 0. The van der Waals surface area contributed by atoms with Gasteiger partial charge in [0.2, 0.25) is 0 Å². The molecule has 0 heterocycles. The van der Waals surface area contributed by atoms with E-state index < -0.39 is 0 Å². The zero-order valence-electron chi connectivity index (χ0n) is 13.7. The minimum atomic E-state index is 0. The molecule has 0 N–H and O–H groups in total. The Morgan fingerprint density at radius 3 is 1.33 bits per heavy atom. The third-order valence-corrected chi connectivity index (χ3v) is 3.40. The van der Waals surface area contributed by atoms with Gasteiger partial charge in [0.15, 0.2) is 0 Å². The van der Waals surface area contributed by atoms with Gasteiger partial charge < -0.3 is 34.0 Å². The Kier molecular flexibility index (Phi) is 19.6. The summed E-state index contributed by atoms with van der Waals surface area (Å²) < 4.78 is 0. The molecular formula is C18H26Br2Ti. The van der Waals surface area contributed by atoms with Crippen LogP contribution in [-0.2, 0) is 21.7 Å². The molecule has 2 rings (SSSR count). The number of halogens is 2. The van der Waals surface area contributed by atoms with Crippen LogP contribution in [0.1, 0.15) is 66.2 Å². The number of hydrogen-bond donors (Lipinski definition) is 0. The summed E-state index contributed by atoms with van der Waals surface area (Å²) in [7, 11) is 0. The molecule has 21 heavy (non-hydrogen) atoms. The molecule has 0 aromatic heterocycles. The van der Waals surface area contributed by atoms with Crippen LogP contribution in [0, 0.1) is 12.2 Å². The fraction of sp³-hybridized carbons (Fsp3) is 0.556. The van der Waals surface area contributed by atoms with Gasteiger partial charge in [0.05, 0.1) is 0 Å². The summed E-state index contributed by atoms with van der Waals surface area (Å²) in [6.07, 6.45) is 18.1. The smallest absolute Gasteiger partial charge is 1.00 e. The van der Waals surface area contributed by atoms with Gasteiger partial charge >= 0.3 is 21.7 Å². The predicted octanol–water partition coefficient (Wildman–Crippen LogP) is -0.262. The van der Waals surface area contributed by atoms with Crippen molar-refractivity contribution in [3.8, 4) is 0 Å². The first-order valence-electron chi connectivity index (χ1n) is 7.22. The fourth-order valence-corrected chi connectivity index (χ4v) is 2.25. The quantitative estimate of drug-likeness (QED) is 0.410. The van der Waals surface area contributed by atoms with E-state index in [0.29, 0.717) is 0 Å². The average molecular weight is 450 g/mol. The van der Waals surface area contributed by atoms with E-state index in [1.807, 2.05) is 0 Å². The number of rotatable bonds is 4. The topological polar surface area (TPSA) is 0 Å². The maximum absolute atomic E-state index is 3.33. The van der Waals surface area contributed by atoms with Crippen LogP contribution < -0.4 is 34.0 Å². The van der Waals surface area contributed by atoms with Crippen LogP contribution in [0.4, 0.5) is 0 Å². The zero-order chi connectivity index (χ0) is 13.4. The largest absolute Gasteiger partial charge is 4.00 e. The summed E-state index contributed by atoms with van der Waals surface area (Å²) >= 11 is 0. The third-order valence-electron chi connectivity index (χ3n) is 3.40. The van der Waals surface area contributed by atoms with Gasteiger partial charge in [-0.3, -0.25) is 12.2 Å². The maximum Gasteiger partial charge on any atom is 4.00 e. The second kappa shape index (κ2) is 15.5. The molecule has 2 aliphatic carbocycles. The maximum atomic E-state index is 3.33. The van der Waals surface area contributed by atoms with E-state index in [-0.39, 0.29) is 55.7 Å². The first kappa shape index (κ1) is 26.5. The first-order chi connectivity index (χ1) is 8.69. The van der Waals surface area contributed by atoms with Crippen LogP contribution in [0.25, 0.3) is 0 Å². The molecule has 0 spiro atoms. The van der Waals surface area contributed by atoms with E-state index in [0.717, 1.165) is 12.8 Å². The van der Waals surface area contributed by atoms with Crippen molar-refractivity contribution >= 4 is 0 Å². The van der Waals surface area contributed by atoms with Crippen molar-refractivity contribution < 1.29 is 55.7 Å². The van der Waals surface area contributed by atoms with E-state index in [1.54, 1.807) is 0 Å². The molecule has 0 fully saturated rings. The summed E-state index contributed by atoms with van der Waals surface area (Å²) in [6.45, 7) is 8.76. The Bertz CT molecular complexity index is 352. The second-order valence-electron chi connectivity index (χ2n) is 4.99. The van der Waals surface area contributed by atoms with E-state index in [9.17, 15) is 0 Å². The summed E-state index contributed by atoms with van der Waals surface area (Å²) in [4.78, 5) is 0. The standard InChI is InChI=1S/2C9H13.2BrH.Ti/c2*1-3-5-9-7-4-6-8(9)2;;;/h2*6H,3-5H2,1-2H3;2*1H;/q2*-1;;;+4/p-2. The van der Waals surface area contributed by atoms with Crippen molar-refractivity contribution in [1.82, 2.24) is 0 Å². The Labute approximate surface area is 167 Å². The monoisotopic (exact) mass is 448 g/mol. The molecule has 0 unspecified atom stereocenters. The molecule has 0 bridgehead atoms. The van der Waals surface area contributed by atoms with Crippen molar-refractivity contribution in [2.75, 3.05) is 0 Å². The fourth-order valence-electron chi connectivity index (χ4n) is 2.25. The van der Waals surface area contributed by atoms with Gasteiger partial charge in [-0.25, -0.2) is 22.3 Å². The van der Waals surface area contributed by atoms with Gasteiger partial charge in [0.25, 0.3) is 0 Å². The Balaban J connectivity index is -0.000000270. The average Bonchev–Trinajstić information content (AvgIpc) is 2.92. The van der Waals surface area contributed by atoms with Gasteiger partial charge in [-0.05, 0) is 0 Å². The summed E-state index contributed by atoms with van der Waals surface area (Å²) in [6, 6.07) is 0. The van der Waals surface area contributed by atoms with Crippen LogP contribution in [0.5, 0.6) is 0 Å². The van der Waals surface area contributed by atoms with E-state index in [2.05, 4.69) is 52.0 Å². The minimum absolute atomic E-state index is 0. The van der Waals surface area contributed by atoms with Crippen LogP contribution >= 0.6 is 0 Å². The van der Waals surface area contributed by atoms with Crippen molar-refractivity contribution in [2.24, 2.45) is 0 Å². The molecule has 0 atom stereocenters. The summed E-state index contributed by atoms with van der Waals surface area (Å²) in [5.41, 5.74) is 5.77. The molecule has 0 radical (unpaired) electrons. The minimum Gasteiger partial charge on any atom is -1.00 e. The molecule has 0 aromatic rings. The molecule has 0 amide bonds. The predicted molar refractivity (Wildman–Crippen MR) is 80.1 cm³/mol. The van der Waals surface area contributed by atoms with Gasteiger partial charge in [-0.1, -0.05) is 39.5 Å². The van der Waals surface area contributed by atoms with Crippen LogP contribution in [0.15, 0.2) is 34.4 Å². The third kappa shape index (κ3) is 10.1. The molecule has 0 saturated heterocycles. The summed E-state index contributed by atoms with van der Waals surface area (Å²) in [5.74, 6) is 0. The second-order valence-corrected chi connectivity index (χ2v) is 4.99. The van der Waals surface area contributed by atoms with Crippen molar-refractivity contribution in [3.05, 3.63) is 46.6 Å². The van der Waals surface area contributed by atoms with Gasteiger partial charge in [0, 0.05) is 0 Å². The summed E-state index contributed by atoms with van der Waals surface area (Å²) in [5, 5.41) is 0. The molecule has 3 heteroatoms. The van der Waals surface area contributed by atoms with Crippen molar-refractivity contribution in [2.45, 2.75) is 66.2 Å². The molecule has 0 aromatic carbocycles. The molecule has 0 saturated carbocycles. The number of allylic oxidation sites excluding steroid dienone is 8.